The Bertz CT molecular complexity index is 833. The topological polar surface area (TPSA) is 54.9 Å². The maximum atomic E-state index is 12.3. The molecule has 0 saturated heterocycles. The molecule has 0 saturated carbocycles. The Morgan fingerprint density at radius 3 is 2.62 bits per heavy atom. The van der Waals surface area contributed by atoms with Crippen molar-refractivity contribution in [3.8, 4) is 0 Å². The van der Waals surface area contributed by atoms with Crippen LogP contribution in [0.1, 0.15) is 33.1 Å². The number of hydrogen-bond acceptors (Lipinski definition) is 5. The minimum atomic E-state index is -0.104. The van der Waals surface area contributed by atoms with E-state index in [4.69, 9.17) is 0 Å². The highest BCUT2D eigenvalue weighted by Crippen LogP contribution is 2.36. The molecular formula is C18H17N3OS2. The highest BCUT2D eigenvalue weighted by molar-refractivity contribution is 8.01. The summed E-state index contributed by atoms with van der Waals surface area (Å²) in [6.07, 6.45) is 0. The molecule has 2 aromatic carbocycles. The minimum Gasteiger partial charge on any atom is -0.322 e. The molecule has 1 amide bonds. The Balaban J connectivity index is 1.70. The lowest BCUT2D eigenvalue weighted by Gasteiger charge is -2.12. The lowest BCUT2D eigenvalue weighted by atomic mass is 10.1. The number of aryl methyl sites for hydroxylation is 1. The van der Waals surface area contributed by atoms with E-state index < -0.39 is 0 Å². The number of thioether (sulfide) groups is 1. The lowest BCUT2D eigenvalue weighted by Crippen LogP contribution is -2.11. The van der Waals surface area contributed by atoms with E-state index in [-0.39, 0.29) is 11.2 Å². The molecule has 0 radical (unpaired) electrons. The molecule has 4 nitrogen and oxygen atoms in total. The number of hydrogen-bond donors (Lipinski definition) is 1. The van der Waals surface area contributed by atoms with Crippen LogP contribution in [0, 0.1) is 6.92 Å². The SMILES string of the molecule is Cc1nnc(S[C@H](C)c2cccc(NC(=O)c3ccccc3)c2)s1. The zero-order valence-electron chi connectivity index (χ0n) is 13.4. The van der Waals surface area contributed by atoms with Crippen LogP contribution in [0.3, 0.4) is 0 Å². The van der Waals surface area contributed by atoms with Crippen molar-refractivity contribution >= 4 is 34.7 Å². The van der Waals surface area contributed by atoms with Gasteiger partial charge in [-0.2, -0.15) is 0 Å². The summed E-state index contributed by atoms with van der Waals surface area (Å²) < 4.78 is 0.957. The molecule has 0 spiro atoms. The van der Waals surface area contributed by atoms with Gasteiger partial charge in [-0.25, -0.2) is 0 Å². The van der Waals surface area contributed by atoms with E-state index in [1.807, 2.05) is 43.3 Å². The summed E-state index contributed by atoms with van der Waals surface area (Å²) >= 11 is 3.27. The van der Waals surface area contributed by atoms with Gasteiger partial charge in [0.1, 0.15) is 5.01 Å². The van der Waals surface area contributed by atoms with Crippen molar-refractivity contribution in [1.29, 1.82) is 0 Å². The zero-order valence-corrected chi connectivity index (χ0v) is 15.0. The number of nitrogens with zero attached hydrogens (tertiary/aromatic N) is 2. The molecule has 0 aliphatic heterocycles. The first kappa shape index (κ1) is 16.7. The van der Waals surface area contributed by atoms with Crippen LogP contribution in [-0.2, 0) is 0 Å². The third kappa shape index (κ3) is 4.21. The number of anilines is 1. The van der Waals surface area contributed by atoms with Gasteiger partial charge in [-0.05, 0) is 43.7 Å². The molecule has 122 valence electrons. The summed E-state index contributed by atoms with van der Waals surface area (Å²) in [7, 11) is 0. The molecule has 1 heterocycles. The van der Waals surface area contributed by atoms with Crippen LogP contribution in [0.2, 0.25) is 0 Å². The molecule has 1 aromatic heterocycles. The maximum Gasteiger partial charge on any atom is 0.255 e. The van der Waals surface area contributed by atoms with E-state index in [0.29, 0.717) is 5.56 Å². The molecule has 1 atom stereocenters. The Hall–Kier alpha value is -2.18. The first-order chi connectivity index (χ1) is 11.6. The molecule has 1 N–H and O–H groups in total. The summed E-state index contributed by atoms with van der Waals surface area (Å²) in [6, 6.07) is 17.1. The summed E-state index contributed by atoms with van der Waals surface area (Å²) in [5.41, 5.74) is 2.58. The van der Waals surface area contributed by atoms with Crippen molar-refractivity contribution < 1.29 is 4.79 Å². The molecule has 6 heteroatoms. The van der Waals surface area contributed by atoms with E-state index in [2.05, 4.69) is 28.5 Å². The molecule has 24 heavy (non-hydrogen) atoms. The zero-order chi connectivity index (χ0) is 16.9. The Morgan fingerprint density at radius 1 is 1.12 bits per heavy atom. The van der Waals surface area contributed by atoms with Gasteiger partial charge in [-0.1, -0.05) is 53.4 Å². The van der Waals surface area contributed by atoms with Crippen LogP contribution in [0.25, 0.3) is 0 Å². The highest BCUT2D eigenvalue weighted by Gasteiger charge is 2.12. The van der Waals surface area contributed by atoms with Crippen molar-refractivity contribution in [3.05, 3.63) is 70.7 Å². The van der Waals surface area contributed by atoms with Crippen molar-refractivity contribution in [2.24, 2.45) is 0 Å². The predicted octanol–water partition coefficient (Wildman–Crippen LogP) is 4.95. The summed E-state index contributed by atoms with van der Waals surface area (Å²) in [6.45, 7) is 4.08. The van der Waals surface area contributed by atoms with E-state index in [1.54, 1.807) is 35.2 Å². The molecule has 3 aromatic rings. The van der Waals surface area contributed by atoms with Crippen LogP contribution >= 0.6 is 23.1 Å². The molecule has 3 rings (SSSR count). The summed E-state index contributed by atoms with van der Waals surface area (Å²) in [5, 5.41) is 12.3. The van der Waals surface area contributed by atoms with Gasteiger partial charge in [-0.3, -0.25) is 4.79 Å². The van der Waals surface area contributed by atoms with Crippen molar-refractivity contribution in [1.82, 2.24) is 10.2 Å². The van der Waals surface area contributed by atoms with Gasteiger partial charge in [0, 0.05) is 16.5 Å². The molecule has 0 bridgehead atoms. The van der Waals surface area contributed by atoms with Gasteiger partial charge in [0.05, 0.1) is 0 Å². The number of amides is 1. The van der Waals surface area contributed by atoms with Crippen molar-refractivity contribution in [3.63, 3.8) is 0 Å². The number of rotatable bonds is 5. The van der Waals surface area contributed by atoms with Crippen LogP contribution in [0.15, 0.2) is 58.9 Å². The first-order valence-electron chi connectivity index (χ1n) is 7.55. The van der Waals surface area contributed by atoms with E-state index in [0.717, 1.165) is 20.6 Å². The van der Waals surface area contributed by atoms with Crippen LogP contribution in [0.5, 0.6) is 0 Å². The minimum absolute atomic E-state index is 0.104. The van der Waals surface area contributed by atoms with Gasteiger partial charge >= 0.3 is 0 Å². The van der Waals surface area contributed by atoms with Crippen LogP contribution < -0.4 is 5.32 Å². The number of carbonyl (C=O) groups excluding carboxylic acids is 1. The monoisotopic (exact) mass is 355 g/mol. The first-order valence-corrected chi connectivity index (χ1v) is 9.24. The number of carbonyl (C=O) groups is 1. The van der Waals surface area contributed by atoms with Crippen molar-refractivity contribution in [2.45, 2.75) is 23.4 Å². The highest BCUT2D eigenvalue weighted by atomic mass is 32.2. The average Bonchev–Trinajstić information content (AvgIpc) is 3.00. The van der Waals surface area contributed by atoms with Gasteiger partial charge < -0.3 is 5.32 Å². The predicted molar refractivity (Wildman–Crippen MR) is 99.8 cm³/mol. The molecule has 0 aliphatic carbocycles. The van der Waals surface area contributed by atoms with Gasteiger partial charge in [0.15, 0.2) is 4.34 Å². The second-order valence-electron chi connectivity index (χ2n) is 5.29. The molecular weight excluding hydrogens is 338 g/mol. The largest absolute Gasteiger partial charge is 0.322 e. The molecule has 0 aliphatic rings. The smallest absolute Gasteiger partial charge is 0.255 e. The van der Waals surface area contributed by atoms with E-state index >= 15 is 0 Å². The standard InChI is InChI=1S/C18H17N3OS2/c1-12(23-18-21-20-13(2)24-18)15-9-6-10-16(11-15)19-17(22)14-7-4-3-5-8-14/h3-12H,1-2H3,(H,19,22)/t12-/m1/s1. The van der Waals surface area contributed by atoms with Gasteiger partial charge in [0.2, 0.25) is 0 Å². The molecule has 0 unspecified atom stereocenters. The average molecular weight is 355 g/mol. The fourth-order valence-electron chi connectivity index (χ4n) is 2.21. The Morgan fingerprint density at radius 2 is 1.92 bits per heavy atom. The second kappa shape index (κ2) is 7.59. The fraction of sp³-hybridized carbons (Fsp3) is 0.167. The maximum absolute atomic E-state index is 12.3. The Kier molecular flexibility index (Phi) is 5.27. The van der Waals surface area contributed by atoms with E-state index in [9.17, 15) is 4.79 Å². The quantitative estimate of drug-likeness (QED) is 0.658. The van der Waals surface area contributed by atoms with Gasteiger partial charge in [0.25, 0.3) is 5.91 Å². The lowest BCUT2D eigenvalue weighted by molar-refractivity contribution is 0.102. The third-order valence-electron chi connectivity index (χ3n) is 3.43. The third-order valence-corrected chi connectivity index (χ3v) is 5.52. The Labute approximate surface area is 149 Å². The molecule has 0 fully saturated rings. The van der Waals surface area contributed by atoms with Gasteiger partial charge in [-0.15, -0.1) is 10.2 Å². The fourth-order valence-corrected chi connectivity index (χ4v) is 4.28. The number of benzene rings is 2. The normalized spacial score (nSPS) is 11.9. The van der Waals surface area contributed by atoms with E-state index in [1.165, 1.54) is 0 Å². The summed E-state index contributed by atoms with van der Waals surface area (Å²) in [5.74, 6) is -0.104. The van der Waals surface area contributed by atoms with Crippen LogP contribution in [0.4, 0.5) is 5.69 Å². The number of aromatic nitrogens is 2. The summed E-state index contributed by atoms with van der Waals surface area (Å²) in [4.78, 5) is 12.3. The second-order valence-corrected chi connectivity index (χ2v) is 8.06. The number of nitrogens with one attached hydrogen (secondary N) is 1. The van der Waals surface area contributed by atoms with Crippen LogP contribution in [-0.4, -0.2) is 16.1 Å². The van der Waals surface area contributed by atoms with Crippen molar-refractivity contribution in [2.75, 3.05) is 5.32 Å².